The third-order valence-electron chi connectivity index (χ3n) is 4.21. The number of ether oxygens (including phenoxy) is 1. The minimum absolute atomic E-state index is 0.120. The summed E-state index contributed by atoms with van der Waals surface area (Å²) in [5.74, 6) is 2.37. The number of nitrogens with zero attached hydrogens (tertiary/aromatic N) is 5. The number of hydrogen-bond acceptors (Lipinski definition) is 6. The quantitative estimate of drug-likeness (QED) is 0.561. The molecule has 0 aliphatic rings. The van der Waals surface area contributed by atoms with Crippen molar-refractivity contribution in [2.75, 3.05) is 12.9 Å². The molecule has 4 rings (SSSR count). The molecule has 0 fully saturated rings. The van der Waals surface area contributed by atoms with Crippen LogP contribution in [0.5, 0.6) is 5.75 Å². The molecule has 1 aromatic carbocycles. The van der Waals surface area contributed by atoms with Gasteiger partial charge >= 0.3 is 0 Å². The summed E-state index contributed by atoms with van der Waals surface area (Å²) in [6.45, 7) is 2.32. The molecule has 0 aliphatic carbocycles. The van der Waals surface area contributed by atoms with Crippen LogP contribution in [0.2, 0.25) is 0 Å². The Hall–Kier alpha value is -2.87. The van der Waals surface area contributed by atoms with Gasteiger partial charge in [-0.3, -0.25) is 4.79 Å². The number of aryl methyl sites for hydroxylation is 2. The van der Waals surface area contributed by atoms with Gasteiger partial charge in [-0.2, -0.15) is 22.1 Å². The monoisotopic (exact) mass is 367 g/mol. The van der Waals surface area contributed by atoms with Crippen molar-refractivity contribution in [3.63, 3.8) is 0 Å². The summed E-state index contributed by atoms with van der Waals surface area (Å²) in [5, 5.41) is 4.96. The first kappa shape index (κ1) is 16.6. The van der Waals surface area contributed by atoms with Crippen molar-refractivity contribution in [2.45, 2.75) is 13.5 Å². The lowest BCUT2D eigenvalue weighted by molar-refractivity contribution is 0.415. The van der Waals surface area contributed by atoms with E-state index in [4.69, 9.17) is 4.74 Å². The number of aromatic nitrogens is 5. The highest BCUT2D eigenvalue weighted by Crippen LogP contribution is 2.27. The van der Waals surface area contributed by atoms with Gasteiger partial charge in [-0.1, -0.05) is 0 Å². The van der Waals surface area contributed by atoms with Crippen LogP contribution in [0.25, 0.3) is 27.9 Å². The molecule has 3 heterocycles. The normalized spacial score (nSPS) is 11.3. The van der Waals surface area contributed by atoms with Gasteiger partial charge < -0.3 is 9.30 Å². The molecule has 0 radical (unpaired) electrons. The molecule has 26 heavy (non-hydrogen) atoms. The van der Waals surface area contributed by atoms with Crippen molar-refractivity contribution >= 4 is 29.3 Å². The largest absolute Gasteiger partial charge is 0.497 e. The fraction of sp³-hybridized carbons (Fsp3) is 0.222. The summed E-state index contributed by atoms with van der Waals surface area (Å²) < 4.78 is 8.51. The van der Waals surface area contributed by atoms with Crippen molar-refractivity contribution in [1.82, 2.24) is 24.1 Å². The Morgan fingerprint density at radius 1 is 1.15 bits per heavy atom. The van der Waals surface area contributed by atoms with E-state index in [2.05, 4.69) is 27.7 Å². The summed E-state index contributed by atoms with van der Waals surface area (Å²) in [4.78, 5) is 22.0. The average Bonchev–Trinajstić information content (AvgIpc) is 3.02. The molecular formula is C18H17N5O2S. The first-order chi connectivity index (χ1) is 12.6. The van der Waals surface area contributed by atoms with Crippen LogP contribution in [0.1, 0.15) is 5.82 Å². The van der Waals surface area contributed by atoms with Gasteiger partial charge in [0.25, 0.3) is 11.3 Å². The van der Waals surface area contributed by atoms with E-state index in [1.807, 2.05) is 30.3 Å². The third kappa shape index (κ3) is 2.62. The van der Waals surface area contributed by atoms with E-state index in [1.165, 1.54) is 0 Å². The van der Waals surface area contributed by atoms with Crippen LogP contribution in [-0.2, 0) is 6.54 Å². The molecule has 0 unspecified atom stereocenters. The van der Waals surface area contributed by atoms with Crippen molar-refractivity contribution in [2.24, 2.45) is 0 Å². The lowest BCUT2D eigenvalue weighted by Gasteiger charge is -2.11. The molecule has 0 aliphatic heterocycles. The number of hydrogen-bond donors (Lipinski definition) is 1. The molecule has 0 saturated heterocycles. The number of thiol groups is 1. The second-order valence-corrected chi connectivity index (χ2v) is 6.31. The maximum absolute atomic E-state index is 13.1. The van der Waals surface area contributed by atoms with Gasteiger partial charge in [-0.15, -0.1) is 5.10 Å². The van der Waals surface area contributed by atoms with E-state index in [1.54, 1.807) is 29.3 Å². The molecule has 8 heteroatoms. The molecule has 0 bridgehead atoms. The second kappa shape index (κ2) is 6.45. The third-order valence-corrected chi connectivity index (χ3v) is 4.41. The Kier molecular flexibility index (Phi) is 4.12. The van der Waals surface area contributed by atoms with Crippen LogP contribution in [-0.4, -0.2) is 37.0 Å². The predicted octanol–water partition coefficient (Wildman–Crippen LogP) is 2.35. The smallest absolute Gasteiger partial charge is 0.262 e. The molecule has 3 aromatic heterocycles. The Balaban J connectivity index is 2.13. The maximum atomic E-state index is 13.1. The highest BCUT2D eigenvalue weighted by atomic mass is 32.1. The minimum Gasteiger partial charge on any atom is -0.497 e. The lowest BCUT2D eigenvalue weighted by atomic mass is 10.1. The predicted molar refractivity (Wildman–Crippen MR) is 103 cm³/mol. The molecule has 0 N–H and O–H groups in total. The number of rotatable bonds is 4. The maximum Gasteiger partial charge on any atom is 0.262 e. The van der Waals surface area contributed by atoms with Gasteiger partial charge in [0, 0.05) is 24.1 Å². The summed E-state index contributed by atoms with van der Waals surface area (Å²) in [7, 11) is 1.62. The molecule has 0 spiro atoms. The molecule has 0 atom stereocenters. The van der Waals surface area contributed by atoms with Crippen molar-refractivity contribution in [1.29, 1.82) is 0 Å². The number of methoxy groups -OCH3 is 1. The highest BCUT2D eigenvalue weighted by Gasteiger charge is 2.18. The number of fused-ring (bicyclic) bond motifs is 2. The first-order valence-corrected chi connectivity index (χ1v) is 8.77. The average molecular weight is 367 g/mol. The van der Waals surface area contributed by atoms with E-state index < -0.39 is 0 Å². The summed E-state index contributed by atoms with van der Waals surface area (Å²) in [6, 6.07) is 9.34. The Labute approximate surface area is 154 Å². The first-order valence-electron chi connectivity index (χ1n) is 8.14. The molecular weight excluding hydrogens is 350 g/mol. The number of benzene rings is 1. The number of pyridine rings is 1. The summed E-state index contributed by atoms with van der Waals surface area (Å²) in [5.41, 5.74) is 1.99. The van der Waals surface area contributed by atoms with Gasteiger partial charge in [-0.25, -0.2) is 4.98 Å². The standard InChI is InChI=1S/C18H17N5O2S/c1-11-19-18-20-14-7-8-22(9-10-26)17(24)15(14)16(23(18)21-11)12-3-5-13(25-2)6-4-12/h3-8,26H,9-10H2,1-2H3. The van der Waals surface area contributed by atoms with E-state index in [-0.39, 0.29) is 5.56 Å². The highest BCUT2D eigenvalue weighted by molar-refractivity contribution is 7.80. The topological polar surface area (TPSA) is 74.3 Å². The van der Waals surface area contributed by atoms with Crippen LogP contribution >= 0.6 is 12.6 Å². The van der Waals surface area contributed by atoms with Gasteiger partial charge in [-0.05, 0) is 37.3 Å². The van der Waals surface area contributed by atoms with Gasteiger partial charge in [0.15, 0.2) is 0 Å². The Bertz CT molecular complexity index is 1160. The zero-order valence-electron chi connectivity index (χ0n) is 14.4. The zero-order chi connectivity index (χ0) is 18.3. The van der Waals surface area contributed by atoms with E-state index in [0.29, 0.717) is 40.5 Å². The Morgan fingerprint density at radius 3 is 2.62 bits per heavy atom. The van der Waals surface area contributed by atoms with Crippen LogP contribution in [0.3, 0.4) is 0 Å². The van der Waals surface area contributed by atoms with Crippen LogP contribution < -0.4 is 10.3 Å². The molecule has 7 nitrogen and oxygen atoms in total. The van der Waals surface area contributed by atoms with Crippen LogP contribution in [0.4, 0.5) is 0 Å². The molecule has 132 valence electrons. The van der Waals surface area contributed by atoms with Crippen molar-refractivity contribution in [3.05, 3.63) is 52.7 Å². The SMILES string of the molecule is COc1ccc(-c2c3c(=O)n(CCS)ccc3nc3nc(C)nn23)cc1. The van der Waals surface area contributed by atoms with Crippen LogP contribution in [0.15, 0.2) is 41.3 Å². The zero-order valence-corrected chi connectivity index (χ0v) is 15.3. The summed E-state index contributed by atoms with van der Waals surface area (Å²) in [6.07, 6.45) is 1.74. The van der Waals surface area contributed by atoms with Gasteiger partial charge in [0.05, 0.1) is 23.7 Å². The van der Waals surface area contributed by atoms with Crippen molar-refractivity contribution < 1.29 is 4.74 Å². The molecule has 4 aromatic rings. The Morgan fingerprint density at radius 2 is 1.92 bits per heavy atom. The fourth-order valence-electron chi connectivity index (χ4n) is 3.02. The van der Waals surface area contributed by atoms with Gasteiger partial charge in [0.1, 0.15) is 11.6 Å². The van der Waals surface area contributed by atoms with E-state index in [9.17, 15) is 4.79 Å². The minimum atomic E-state index is -0.120. The van der Waals surface area contributed by atoms with Crippen LogP contribution in [0, 0.1) is 6.92 Å². The van der Waals surface area contributed by atoms with E-state index in [0.717, 1.165) is 11.3 Å². The second-order valence-electron chi connectivity index (χ2n) is 5.86. The summed E-state index contributed by atoms with van der Waals surface area (Å²) >= 11 is 4.24. The molecule has 0 saturated carbocycles. The molecule has 0 amide bonds. The van der Waals surface area contributed by atoms with Crippen molar-refractivity contribution in [3.8, 4) is 17.0 Å². The fourth-order valence-corrected chi connectivity index (χ4v) is 3.24. The lowest BCUT2D eigenvalue weighted by Crippen LogP contribution is -2.22. The van der Waals surface area contributed by atoms with E-state index >= 15 is 0 Å². The van der Waals surface area contributed by atoms with Gasteiger partial charge in [0.2, 0.25) is 0 Å².